The van der Waals surface area contributed by atoms with Crippen molar-refractivity contribution in [1.29, 1.82) is 0 Å². The van der Waals surface area contributed by atoms with Crippen molar-refractivity contribution in [2.45, 2.75) is 88.4 Å². The fourth-order valence-electron chi connectivity index (χ4n) is 3.14. The Kier molecular flexibility index (Phi) is 13.2. The van der Waals surface area contributed by atoms with Gasteiger partial charge in [-0.1, -0.05) is 0 Å². The van der Waals surface area contributed by atoms with E-state index >= 15 is 0 Å². The Bertz CT molecular complexity index is 801. The standard InChI is InChI=1S/C19H40F6O7Si6/c1-36(2,3)30-33-17(34-31-37(4,5)6,35-32-38(7,8)9)11-10-12(15(26)27)13(16(28)29)14(18(20,21)22)19(23,24)25/h14H,10-11,33-35H2,1-9H3,(H,26,27)(H,28,29)/b13-12+. The van der Waals surface area contributed by atoms with Gasteiger partial charge in [0.15, 0.2) is 60.2 Å². The first-order chi connectivity index (χ1) is 16.6. The van der Waals surface area contributed by atoms with Crippen molar-refractivity contribution >= 4 is 66.2 Å². The summed E-state index contributed by atoms with van der Waals surface area (Å²) in [5.41, 5.74) is -3.62. The first-order valence-electron chi connectivity index (χ1n) is 11.9. The zero-order chi connectivity index (χ0) is 30.5. The third kappa shape index (κ3) is 14.2. The van der Waals surface area contributed by atoms with Crippen LogP contribution < -0.4 is 0 Å². The van der Waals surface area contributed by atoms with Crippen molar-refractivity contribution in [2.75, 3.05) is 0 Å². The summed E-state index contributed by atoms with van der Waals surface area (Å²) in [5, 5.41) is 19.0. The number of carboxylic acids is 2. The minimum Gasteiger partial charge on any atom is -0.478 e. The molecule has 0 aromatic carbocycles. The normalized spacial score (nSPS) is 17.3. The largest absolute Gasteiger partial charge is 0.478 e. The van der Waals surface area contributed by atoms with Crippen molar-refractivity contribution in [1.82, 2.24) is 0 Å². The predicted molar refractivity (Wildman–Crippen MR) is 149 cm³/mol. The molecule has 0 atom stereocenters. The predicted octanol–water partition coefficient (Wildman–Crippen LogP) is 3.85. The summed E-state index contributed by atoms with van der Waals surface area (Å²) in [4.78, 5) is 23.7. The Morgan fingerprint density at radius 1 is 0.684 bits per heavy atom. The molecule has 38 heavy (non-hydrogen) atoms. The second kappa shape index (κ2) is 13.4. The van der Waals surface area contributed by atoms with Gasteiger partial charge in [-0.05, 0) is 71.8 Å². The summed E-state index contributed by atoms with van der Waals surface area (Å²) in [6.45, 7) is 17.5. The van der Waals surface area contributed by atoms with E-state index in [1.54, 1.807) is 0 Å². The lowest BCUT2D eigenvalue weighted by atomic mass is 9.90. The van der Waals surface area contributed by atoms with Crippen LogP contribution in [0, 0.1) is 5.92 Å². The van der Waals surface area contributed by atoms with Crippen molar-refractivity contribution in [3.05, 3.63) is 11.1 Å². The van der Waals surface area contributed by atoms with Gasteiger partial charge < -0.3 is 22.6 Å². The first kappa shape index (κ1) is 37.4. The molecule has 0 spiro atoms. The van der Waals surface area contributed by atoms with Crippen molar-refractivity contribution in [3.8, 4) is 0 Å². The molecule has 2 N–H and O–H groups in total. The summed E-state index contributed by atoms with van der Waals surface area (Å²) in [6.07, 6.45) is -13.1. The fourth-order valence-corrected chi connectivity index (χ4v) is 19.5. The van der Waals surface area contributed by atoms with Gasteiger partial charge in [0, 0.05) is 9.86 Å². The second-order valence-electron chi connectivity index (χ2n) is 12.2. The monoisotopic (exact) mass is 662 g/mol. The van der Waals surface area contributed by atoms with Gasteiger partial charge in [0.05, 0.1) is 5.57 Å². The number of aliphatic carboxylic acids is 2. The third-order valence-corrected chi connectivity index (χ3v) is 23.8. The first-order valence-corrected chi connectivity index (χ1v) is 25.9. The van der Waals surface area contributed by atoms with Crippen LogP contribution in [-0.2, 0) is 21.9 Å². The highest BCUT2D eigenvalue weighted by molar-refractivity contribution is 6.86. The number of alkyl halides is 6. The van der Waals surface area contributed by atoms with Gasteiger partial charge >= 0.3 is 24.3 Å². The minimum absolute atomic E-state index is 0.155. The average molecular weight is 663 g/mol. The molecule has 19 heteroatoms. The van der Waals surface area contributed by atoms with Crippen LogP contribution in [0.3, 0.4) is 0 Å². The summed E-state index contributed by atoms with van der Waals surface area (Å²) >= 11 is 0. The van der Waals surface area contributed by atoms with Crippen LogP contribution in [0.25, 0.3) is 0 Å². The quantitative estimate of drug-likeness (QED) is 0.156. The van der Waals surface area contributed by atoms with Gasteiger partial charge in [0.1, 0.15) is 0 Å². The lowest BCUT2D eigenvalue weighted by Gasteiger charge is -2.38. The molecule has 0 bridgehead atoms. The molecular formula is C19H40F6O7Si6. The maximum Gasteiger partial charge on any atom is 0.404 e. The Morgan fingerprint density at radius 2 is 1.00 bits per heavy atom. The molecule has 7 nitrogen and oxygen atoms in total. The molecule has 0 aliphatic rings. The summed E-state index contributed by atoms with van der Waals surface area (Å²) in [6, 6.07) is 0. The number of halogens is 6. The van der Waals surface area contributed by atoms with E-state index in [9.17, 15) is 46.1 Å². The number of hydrogen-bond donors (Lipinski definition) is 2. The molecule has 0 aromatic rings. The van der Waals surface area contributed by atoms with Gasteiger partial charge in [0.2, 0.25) is 0 Å². The fraction of sp³-hybridized carbons (Fsp3) is 0.789. The van der Waals surface area contributed by atoms with Gasteiger partial charge in [-0.3, -0.25) is 0 Å². The Hall–Kier alpha value is -0.559. The smallest absolute Gasteiger partial charge is 0.404 e. The topological polar surface area (TPSA) is 102 Å². The molecule has 0 radical (unpaired) electrons. The molecular weight excluding hydrogens is 623 g/mol. The van der Waals surface area contributed by atoms with Crippen LogP contribution in [0.4, 0.5) is 26.3 Å². The van der Waals surface area contributed by atoms with Crippen LogP contribution in [0.5, 0.6) is 0 Å². The number of rotatable bonds is 15. The number of hydrogen-bond acceptors (Lipinski definition) is 5. The minimum atomic E-state index is -6.05. The maximum absolute atomic E-state index is 13.4. The van der Waals surface area contributed by atoms with E-state index in [1.807, 2.05) is 58.9 Å². The van der Waals surface area contributed by atoms with Gasteiger partial charge in [-0.25, -0.2) is 9.59 Å². The van der Waals surface area contributed by atoms with E-state index in [-0.39, 0.29) is 6.42 Å². The van der Waals surface area contributed by atoms with Crippen LogP contribution in [0.2, 0.25) is 63.2 Å². The van der Waals surface area contributed by atoms with Gasteiger partial charge in [-0.2, -0.15) is 26.3 Å². The Morgan fingerprint density at radius 3 is 1.21 bits per heavy atom. The van der Waals surface area contributed by atoms with E-state index in [1.165, 1.54) is 0 Å². The van der Waals surface area contributed by atoms with E-state index in [0.717, 1.165) is 0 Å². The third-order valence-electron chi connectivity index (χ3n) is 5.10. The zero-order valence-electron chi connectivity index (χ0n) is 23.3. The van der Waals surface area contributed by atoms with Gasteiger partial charge in [-0.15, -0.1) is 0 Å². The number of carboxylic acid groups (broad SMARTS) is 2. The molecule has 0 aromatic heterocycles. The molecule has 224 valence electrons. The van der Waals surface area contributed by atoms with Crippen LogP contribution in [-0.4, -0.2) is 88.7 Å². The number of carbonyl (C=O) groups is 2. The molecule has 0 rings (SSSR count). The van der Waals surface area contributed by atoms with E-state index in [4.69, 9.17) is 12.3 Å². The van der Waals surface area contributed by atoms with Gasteiger partial charge in [0.25, 0.3) is 0 Å². The Labute approximate surface area is 229 Å². The molecule has 0 aliphatic heterocycles. The summed E-state index contributed by atoms with van der Waals surface area (Å²) < 4.78 is 98.7. The van der Waals surface area contributed by atoms with Crippen molar-refractivity contribution in [2.24, 2.45) is 5.92 Å². The van der Waals surface area contributed by atoms with E-state index in [0.29, 0.717) is 0 Å². The van der Waals surface area contributed by atoms with E-state index < -0.39 is 106 Å². The molecule has 0 amide bonds. The highest BCUT2D eigenvalue weighted by Gasteiger charge is 2.61. The summed E-state index contributed by atoms with van der Waals surface area (Å²) in [7, 11) is -10.9. The molecule has 0 aliphatic carbocycles. The molecule has 0 heterocycles. The van der Waals surface area contributed by atoms with Crippen LogP contribution in [0.1, 0.15) is 12.8 Å². The molecule has 0 fully saturated rings. The second-order valence-corrected chi connectivity index (χ2v) is 36.7. The highest BCUT2D eigenvalue weighted by atomic mass is 28.4. The van der Waals surface area contributed by atoms with Crippen molar-refractivity contribution in [3.63, 3.8) is 0 Å². The molecule has 0 saturated heterocycles. The molecule has 0 unspecified atom stereocenters. The highest BCUT2D eigenvalue weighted by Crippen LogP contribution is 2.46. The maximum atomic E-state index is 13.4. The summed E-state index contributed by atoms with van der Waals surface area (Å²) in [5.74, 6) is -9.15. The lowest BCUT2D eigenvalue weighted by molar-refractivity contribution is -0.272. The van der Waals surface area contributed by atoms with Crippen molar-refractivity contribution < 1.29 is 58.5 Å². The SMILES string of the molecule is C[Si](C)(C)O[SiH2]C(CC/C(C(=O)O)=C(\C(=O)O)C(C(F)(F)F)C(F)(F)F)([SiH2]O[Si](C)(C)C)[SiH2]O[Si](C)(C)C. The zero-order valence-corrected chi connectivity index (χ0v) is 30.6. The van der Waals surface area contributed by atoms with Crippen LogP contribution >= 0.6 is 0 Å². The van der Waals surface area contributed by atoms with E-state index in [2.05, 4.69) is 0 Å². The average Bonchev–Trinajstić information content (AvgIpc) is 2.63. The molecule has 0 saturated carbocycles. The van der Waals surface area contributed by atoms with Crippen LogP contribution in [0.15, 0.2) is 11.1 Å². The Balaban J connectivity index is 6.90. The lowest BCUT2D eigenvalue weighted by Crippen LogP contribution is -2.47.